The van der Waals surface area contributed by atoms with Crippen LogP contribution >= 0.6 is 0 Å². The van der Waals surface area contributed by atoms with E-state index in [4.69, 9.17) is 0 Å². The minimum Gasteiger partial charge on any atom is -0.748 e. The first-order chi connectivity index (χ1) is 13.1. The summed E-state index contributed by atoms with van der Waals surface area (Å²) in [6.07, 6.45) is 12.7. The fourth-order valence-corrected chi connectivity index (χ4v) is 4.56. The Morgan fingerprint density at radius 2 is 1.50 bits per heavy atom. The molecule has 0 aliphatic heterocycles. The summed E-state index contributed by atoms with van der Waals surface area (Å²) in [5.41, 5.74) is 0. The molecule has 0 aliphatic carbocycles. The minimum atomic E-state index is -4.17. The quantitative estimate of drug-likeness (QED) is 0.208. The number of amides is 1. The molecular weight excluding hydrogens is 376 g/mol. The van der Waals surface area contributed by atoms with Gasteiger partial charge in [0.2, 0.25) is 5.91 Å². The average Bonchev–Trinajstić information content (AvgIpc) is 2.55. The van der Waals surface area contributed by atoms with E-state index in [1.165, 1.54) is 44.9 Å². The molecule has 1 N–H and O–H groups in total. The van der Waals surface area contributed by atoms with E-state index in [0.717, 1.165) is 25.8 Å². The van der Waals surface area contributed by atoms with Gasteiger partial charge in [-0.25, -0.2) is 8.42 Å². The van der Waals surface area contributed by atoms with Gasteiger partial charge >= 0.3 is 0 Å². The zero-order valence-electron chi connectivity index (χ0n) is 18.7. The molecule has 0 rings (SSSR count). The van der Waals surface area contributed by atoms with Crippen LogP contribution in [0.3, 0.4) is 0 Å². The summed E-state index contributed by atoms with van der Waals surface area (Å²) in [7, 11) is -0.118. The van der Waals surface area contributed by atoms with Gasteiger partial charge in [0.1, 0.15) is 0 Å². The van der Waals surface area contributed by atoms with E-state index in [0.29, 0.717) is 24.0 Å². The SMILES string of the molecule is CCCCCCCCCCCC(=O)NCCC[N+](C)(C)CC(C)CS(=O)(=O)[O-]. The van der Waals surface area contributed by atoms with E-state index in [1.807, 2.05) is 14.1 Å². The van der Waals surface area contributed by atoms with Gasteiger partial charge in [-0.3, -0.25) is 4.79 Å². The third-order valence-corrected chi connectivity index (χ3v) is 6.04. The topological polar surface area (TPSA) is 86.3 Å². The van der Waals surface area contributed by atoms with Crippen molar-refractivity contribution in [2.75, 3.05) is 39.5 Å². The molecule has 1 atom stereocenters. The average molecular weight is 421 g/mol. The van der Waals surface area contributed by atoms with Crippen LogP contribution in [0.1, 0.15) is 84.5 Å². The molecule has 0 fully saturated rings. The second-order valence-electron chi connectivity index (χ2n) is 8.95. The molecule has 0 aliphatic rings. The number of hydrogen-bond donors (Lipinski definition) is 1. The van der Waals surface area contributed by atoms with Crippen molar-refractivity contribution in [1.29, 1.82) is 0 Å². The van der Waals surface area contributed by atoms with Crippen LogP contribution < -0.4 is 5.32 Å². The second-order valence-corrected chi connectivity index (χ2v) is 10.4. The number of unbranched alkanes of at least 4 members (excludes halogenated alkanes) is 8. The van der Waals surface area contributed by atoms with E-state index in [-0.39, 0.29) is 17.6 Å². The van der Waals surface area contributed by atoms with Crippen LogP contribution in [-0.4, -0.2) is 62.8 Å². The van der Waals surface area contributed by atoms with Crippen LogP contribution in [0.5, 0.6) is 0 Å². The molecule has 0 aromatic heterocycles. The van der Waals surface area contributed by atoms with Crippen LogP contribution in [0.4, 0.5) is 0 Å². The number of hydrogen-bond acceptors (Lipinski definition) is 4. The van der Waals surface area contributed by atoms with Crippen LogP contribution in [0.2, 0.25) is 0 Å². The first-order valence-corrected chi connectivity index (χ1v) is 12.7. The normalized spacial score (nSPS) is 13.5. The molecule has 168 valence electrons. The first-order valence-electron chi connectivity index (χ1n) is 11.1. The Morgan fingerprint density at radius 1 is 0.964 bits per heavy atom. The standard InChI is InChI=1S/C21H44N2O4S/c1-5-6-7-8-9-10-11-12-13-15-21(24)22-16-14-17-23(3,4)18-20(2)19-28(25,26)27/h20H,5-19H2,1-4H3,(H-,22,24,25,26,27). The maximum atomic E-state index is 11.9. The van der Waals surface area contributed by atoms with Crippen LogP contribution in [0, 0.1) is 5.92 Å². The molecule has 0 saturated heterocycles. The van der Waals surface area contributed by atoms with E-state index < -0.39 is 10.1 Å². The van der Waals surface area contributed by atoms with Crippen molar-refractivity contribution in [1.82, 2.24) is 5.32 Å². The van der Waals surface area contributed by atoms with Crippen LogP contribution in [0.25, 0.3) is 0 Å². The van der Waals surface area contributed by atoms with E-state index in [9.17, 15) is 17.8 Å². The van der Waals surface area contributed by atoms with Crippen LogP contribution in [0.15, 0.2) is 0 Å². The molecule has 0 bridgehead atoms. The van der Waals surface area contributed by atoms with Gasteiger partial charge < -0.3 is 14.4 Å². The zero-order valence-corrected chi connectivity index (χ0v) is 19.5. The minimum absolute atomic E-state index is 0.124. The number of carbonyl (C=O) groups is 1. The number of nitrogens with zero attached hydrogens (tertiary/aromatic N) is 1. The van der Waals surface area contributed by atoms with Crippen molar-refractivity contribution < 1.29 is 22.2 Å². The largest absolute Gasteiger partial charge is 0.748 e. The lowest BCUT2D eigenvalue weighted by Crippen LogP contribution is -2.45. The zero-order chi connectivity index (χ0) is 21.5. The molecular formula is C21H44N2O4S. The second kappa shape index (κ2) is 15.2. The molecule has 28 heavy (non-hydrogen) atoms. The molecule has 0 radical (unpaired) electrons. The monoisotopic (exact) mass is 420 g/mol. The van der Waals surface area contributed by atoms with Gasteiger partial charge in [-0.2, -0.15) is 0 Å². The van der Waals surface area contributed by atoms with Gasteiger partial charge in [0.25, 0.3) is 0 Å². The maximum absolute atomic E-state index is 11.9. The first kappa shape index (κ1) is 27.3. The lowest BCUT2D eigenvalue weighted by molar-refractivity contribution is -0.893. The summed E-state index contributed by atoms with van der Waals surface area (Å²) in [6, 6.07) is 0. The third kappa shape index (κ3) is 18.7. The Bertz CT molecular complexity index is 507. The molecule has 0 spiro atoms. The van der Waals surface area contributed by atoms with Gasteiger partial charge in [0.15, 0.2) is 0 Å². The molecule has 0 heterocycles. The van der Waals surface area contributed by atoms with Crippen molar-refractivity contribution in [2.45, 2.75) is 84.5 Å². The Morgan fingerprint density at radius 3 is 2.04 bits per heavy atom. The van der Waals surface area contributed by atoms with Crippen molar-refractivity contribution in [3.8, 4) is 0 Å². The summed E-state index contributed by atoms with van der Waals surface area (Å²) in [6.45, 7) is 6.14. The van der Waals surface area contributed by atoms with Crippen molar-refractivity contribution in [3.63, 3.8) is 0 Å². The van der Waals surface area contributed by atoms with E-state index >= 15 is 0 Å². The highest BCUT2D eigenvalue weighted by atomic mass is 32.2. The highest BCUT2D eigenvalue weighted by Crippen LogP contribution is 2.11. The summed E-state index contributed by atoms with van der Waals surface area (Å²) in [5.74, 6) is -0.359. The number of quaternary nitrogens is 1. The van der Waals surface area contributed by atoms with E-state index in [1.54, 1.807) is 6.92 Å². The van der Waals surface area contributed by atoms with Gasteiger partial charge in [-0.1, -0.05) is 65.2 Å². The highest BCUT2D eigenvalue weighted by Gasteiger charge is 2.20. The number of rotatable bonds is 18. The summed E-state index contributed by atoms with van der Waals surface area (Å²) in [5, 5.41) is 2.98. The fourth-order valence-electron chi connectivity index (χ4n) is 3.76. The van der Waals surface area contributed by atoms with Crippen molar-refractivity contribution >= 4 is 16.0 Å². The molecule has 1 unspecified atom stereocenters. The molecule has 6 nitrogen and oxygen atoms in total. The molecule has 7 heteroatoms. The fraction of sp³-hybridized carbons (Fsp3) is 0.952. The Balaban J connectivity index is 3.67. The summed E-state index contributed by atoms with van der Waals surface area (Å²) >= 11 is 0. The van der Waals surface area contributed by atoms with E-state index in [2.05, 4.69) is 12.2 Å². The number of nitrogens with one attached hydrogen (secondary N) is 1. The van der Waals surface area contributed by atoms with Crippen molar-refractivity contribution in [3.05, 3.63) is 0 Å². The maximum Gasteiger partial charge on any atom is 0.219 e. The Hall–Kier alpha value is -0.660. The molecule has 0 aromatic rings. The van der Waals surface area contributed by atoms with Gasteiger partial charge in [0.05, 0.1) is 37.3 Å². The van der Waals surface area contributed by atoms with Gasteiger partial charge in [0, 0.05) is 31.1 Å². The molecule has 1 amide bonds. The van der Waals surface area contributed by atoms with Gasteiger partial charge in [-0.15, -0.1) is 0 Å². The summed E-state index contributed by atoms with van der Waals surface area (Å²) < 4.78 is 33.2. The summed E-state index contributed by atoms with van der Waals surface area (Å²) in [4.78, 5) is 11.9. The van der Waals surface area contributed by atoms with Crippen molar-refractivity contribution in [2.24, 2.45) is 5.92 Å². The van der Waals surface area contributed by atoms with Gasteiger partial charge in [-0.05, 0) is 6.42 Å². The lowest BCUT2D eigenvalue weighted by atomic mass is 10.1. The lowest BCUT2D eigenvalue weighted by Gasteiger charge is -2.32. The molecule has 0 aromatic carbocycles. The Kier molecular flexibility index (Phi) is 14.9. The third-order valence-electron chi connectivity index (χ3n) is 5.06. The Labute approximate surface area is 173 Å². The predicted octanol–water partition coefficient (Wildman–Crippen LogP) is 3.67. The molecule has 0 saturated carbocycles. The van der Waals surface area contributed by atoms with Crippen LogP contribution in [-0.2, 0) is 14.9 Å². The smallest absolute Gasteiger partial charge is 0.219 e. The predicted molar refractivity (Wildman–Crippen MR) is 115 cm³/mol. The number of carbonyl (C=O) groups excluding carboxylic acids is 1. The highest BCUT2D eigenvalue weighted by molar-refractivity contribution is 7.85.